The van der Waals surface area contributed by atoms with Crippen LogP contribution < -0.4 is 5.32 Å². The van der Waals surface area contributed by atoms with Gasteiger partial charge in [-0.15, -0.1) is 5.10 Å². The number of unbranched alkanes of at least 4 members (excludes halogenated alkanes) is 9. The second-order valence-corrected chi connectivity index (χ2v) is 7.63. The van der Waals surface area contributed by atoms with E-state index in [2.05, 4.69) is 22.6 Å². The molecule has 1 aromatic heterocycles. The molecule has 1 heterocycles. The number of carbonyl (C=O) groups excluding carboxylic acids is 1. The zero-order valence-electron chi connectivity index (χ0n) is 17.1. The molecule has 0 aliphatic heterocycles. The summed E-state index contributed by atoms with van der Waals surface area (Å²) in [6.45, 7) is 4.63. The minimum atomic E-state index is -0.545. The third-order valence-corrected chi connectivity index (χ3v) is 5.01. The predicted molar refractivity (Wildman–Crippen MR) is 117 cm³/mol. The first-order valence-corrected chi connectivity index (χ1v) is 10.8. The Kier molecular flexibility index (Phi) is 9.90. The summed E-state index contributed by atoms with van der Waals surface area (Å²) in [6, 6.07) is 5.76. The number of aryl methyl sites for hydroxylation is 1. The van der Waals surface area contributed by atoms with Crippen LogP contribution in [0.5, 0.6) is 0 Å². The maximum absolute atomic E-state index is 11.9. The third-order valence-electron chi connectivity index (χ3n) is 4.73. The van der Waals surface area contributed by atoms with Crippen LogP contribution in [0.2, 0.25) is 0 Å². The molecule has 7 heteroatoms. The van der Waals surface area contributed by atoms with Crippen molar-refractivity contribution in [2.75, 3.05) is 6.61 Å². The standard InChI is InChI=1S/C21H32N4O2S/c1-3-4-5-6-7-8-9-10-11-12-15-27-21(26)22-20(28)25-19-14-13-17(2)16-18(19)23-24-25/h13-14,16H,3-12,15H2,1-2H3,(H,22,26,28). The van der Waals surface area contributed by atoms with E-state index in [9.17, 15) is 4.79 Å². The van der Waals surface area contributed by atoms with Gasteiger partial charge in [0.25, 0.3) is 0 Å². The number of hydrogen-bond acceptors (Lipinski definition) is 5. The van der Waals surface area contributed by atoms with E-state index in [-0.39, 0.29) is 5.11 Å². The van der Waals surface area contributed by atoms with Gasteiger partial charge in [-0.05, 0) is 43.3 Å². The molecule has 1 amide bonds. The molecule has 1 N–H and O–H groups in total. The average molecular weight is 405 g/mol. The van der Waals surface area contributed by atoms with Crippen LogP contribution in [0, 0.1) is 6.92 Å². The molecule has 0 radical (unpaired) electrons. The van der Waals surface area contributed by atoms with Crippen LogP contribution in [-0.4, -0.2) is 32.8 Å². The van der Waals surface area contributed by atoms with E-state index in [0.29, 0.717) is 6.61 Å². The molecule has 28 heavy (non-hydrogen) atoms. The van der Waals surface area contributed by atoms with Gasteiger partial charge in [-0.25, -0.2) is 4.79 Å². The summed E-state index contributed by atoms with van der Waals surface area (Å²) in [4.78, 5) is 11.9. The van der Waals surface area contributed by atoms with Gasteiger partial charge < -0.3 is 4.74 Å². The molecule has 1 aromatic carbocycles. The number of benzene rings is 1. The molecule has 0 fully saturated rings. The Bertz CT molecular complexity index is 760. The first-order valence-electron chi connectivity index (χ1n) is 10.4. The molecule has 0 saturated heterocycles. The lowest BCUT2D eigenvalue weighted by molar-refractivity contribution is 0.149. The molecule has 0 unspecified atom stereocenters. The van der Waals surface area contributed by atoms with Gasteiger partial charge in [0, 0.05) is 0 Å². The largest absolute Gasteiger partial charge is 0.449 e. The Morgan fingerprint density at radius 3 is 2.39 bits per heavy atom. The van der Waals surface area contributed by atoms with Crippen molar-refractivity contribution >= 4 is 34.5 Å². The zero-order valence-corrected chi connectivity index (χ0v) is 17.9. The fourth-order valence-corrected chi connectivity index (χ4v) is 3.33. The highest BCUT2D eigenvalue weighted by atomic mass is 32.1. The lowest BCUT2D eigenvalue weighted by Gasteiger charge is -2.08. The Labute approximate surface area is 173 Å². The second-order valence-electron chi connectivity index (χ2n) is 7.24. The van der Waals surface area contributed by atoms with Crippen molar-refractivity contribution in [3.63, 3.8) is 0 Å². The molecule has 6 nitrogen and oxygen atoms in total. The Morgan fingerprint density at radius 1 is 1.07 bits per heavy atom. The van der Waals surface area contributed by atoms with E-state index in [1.807, 2.05) is 25.1 Å². The third kappa shape index (κ3) is 7.54. The molecule has 154 valence electrons. The van der Waals surface area contributed by atoms with Crippen molar-refractivity contribution in [3.8, 4) is 0 Å². The monoisotopic (exact) mass is 404 g/mol. The van der Waals surface area contributed by atoms with Gasteiger partial charge in [0.15, 0.2) is 0 Å². The van der Waals surface area contributed by atoms with Gasteiger partial charge >= 0.3 is 6.09 Å². The molecule has 0 aliphatic rings. The molecule has 0 bridgehead atoms. The molecular formula is C21H32N4O2S. The fraction of sp³-hybridized carbons (Fsp3) is 0.619. The lowest BCUT2D eigenvalue weighted by atomic mass is 10.1. The van der Waals surface area contributed by atoms with E-state index in [1.54, 1.807) is 0 Å². The van der Waals surface area contributed by atoms with Gasteiger partial charge in [0.1, 0.15) is 5.52 Å². The van der Waals surface area contributed by atoms with Gasteiger partial charge in [0.05, 0.1) is 12.1 Å². The number of nitrogens with one attached hydrogen (secondary N) is 1. The van der Waals surface area contributed by atoms with E-state index in [4.69, 9.17) is 17.0 Å². The number of rotatable bonds is 11. The molecular weight excluding hydrogens is 372 g/mol. The smallest absolute Gasteiger partial charge is 0.413 e. The predicted octanol–water partition coefficient (Wildman–Crippen LogP) is 5.52. The molecule has 0 spiro atoms. The van der Waals surface area contributed by atoms with Gasteiger partial charge in [-0.2, -0.15) is 4.68 Å². The number of hydrogen-bond donors (Lipinski definition) is 1. The number of ether oxygens (including phenoxy) is 1. The SMILES string of the molecule is CCCCCCCCCCCCOC(=O)NC(=S)n1nnc2cc(C)ccc21. The quantitative estimate of drug-likeness (QED) is 0.394. The van der Waals surface area contributed by atoms with Crippen LogP contribution in [0.4, 0.5) is 4.79 Å². The summed E-state index contributed by atoms with van der Waals surface area (Å²) >= 11 is 5.25. The number of alkyl carbamates (subject to hydrolysis) is 1. The number of nitrogens with zero attached hydrogens (tertiary/aromatic N) is 3. The maximum atomic E-state index is 11.9. The Balaban J connectivity index is 1.56. The first-order chi connectivity index (χ1) is 13.6. The van der Waals surface area contributed by atoms with Gasteiger partial charge in [-0.3, -0.25) is 5.32 Å². The Hall–Kier alpha value is -2.02. The number of fused-ring (bicyclic) bond motifs is 1. The van der Waals surface area contributed by atoms with Crippen molar-refractivity contribution in [2.45, 2.75) is 78.1 Å². The lowest BCUT2D eigenvalue weighted by Crippen LogP contribution is -2.35. The van der Waals surface area contributed by atoms with Crippen molar-refractivity contribution in [3.05, 3.63) is 23.8 Å². The minimum Gasteiger partial charge on any atom is -0.449 e. The van der Waals surface area contributed by atoms with Gasteiger partial charge in [0.2, 0.25) is 5.11 Å². The highest BCUT2D eigenvalue weighted by molar-refractivity contribution is 7.80. The van der Waals surface area contributed by atoms with Crippen LogP contribution in [0.3, 0.4) is 0 Å². The molecule has 0 atom stereocenters. The number of aromatic nitrogens is 3. The summed E-state index contributed by atoms with van der Waals surface area (Å²) in [5.74, 6) is 0. The van der Waals surface area contributed by atoms with E-state index in [1.165, 1.54) is 56.0 Å². The van der Waals surface area contributed by atoms with E-state index >= 15 is 0 Å². The molecule has 0 aliphatic carbocycles. The summed E-state index contributed by atoms with van der Waals surface area (Å²) in [7, 11) is 0. The van der Waals surface area contributed by atoms with E-state index in [0.717, 1.165) is 29.4 Å². The molecule has 2 aromatic rings. The molecule has 0 saturated carbocycles. The van der Waals surface area contributed by atoms with Crippen molar-refractivity contribution in [1.82, 2.24) is 20.3 Å². The highest BCUT2D eigenvalue weighted by Gasteiger charge is 2.12. The van der Waals surface area contributed by atoms with Crippen LogP contribution in [0.1, 0.15) is 76.7 Å². The fourth-order valence-electron chi connectivity index (χ4n) is 3.11. The van der Waals surface area contributed by atoms with Crippen LogP contribution in [-0.2, 0) is 4.74 Å². The van der Waals surface area contributed by atoms with Gasteiger partial charge in [-0.1, -0.05) is 76.0 Å². The maximum Gasteiger partial charge on any atom is 0.413 e. The van der Waals surface area contributed by atoms with Crippen molar-refractivity contribution in [2.24, 2.45) is 0 Å². The van der Waals surface area contributed by atoms with Crippen molar-refractivity contribution < 1.29 is 9.53 Å². The van der Waals surface area contributed by atoms with Crippen LogP contribution in [0.15, 0.2) is 18.2 Å². The summed E-state index contributed by atoms with van der Waals surface area (Å²) in [5.41, 5.74) is 2.59. The normalized spacial score (nSPS) is 10.9. The van der Waals surface area contributed by atoms with Crippen molar-refractivity contribution in [1.29, 1.82) is 0 Å². The Morgan fingerprint density at radius 2 is 1.71 bits per heavy atom. The van der Waals surface area contributed by atoms with E-state index < -0.39 is 6.09 Å². The highest BCUT2D eigenvalue weighted by Crippen LogP contribution is 2.13. The first kappa shape index (κ1) is 22.3. The van der Waals surface area contributed by atoms with Crippen LogP contribution >= 0.6 is 12.2 Å². The molecule has 2 rings (SSSR count). The number of thiocarbonyl (C=S) groups is 1. The van der Waals surface area contributed by atoms with Crippen LogP contribution in [0.25, 0.3) is 11.0 Å². The number of amides is 1. The minimum absolute atomic E-state index is 0.166. The summed E-state index contributed by atoms with van der Waals surface area (Å²) in [5, 5.41) is 10.8. The average Bonchev–Trinajstić information content (AvgIpc) is 3.09. The summed E-state index contributed by atoms with van der Waals surface area (Å²) in [6.07, 6.45) is 11.9. The summed E-state index contributed by atoms with van der Waals surface area (Å²) < 4.78 is 6.65. The topological polar surface area (TPSA) is 69.0 Å². The second kappa shape index (κ2) is 12.4. The number of carbonyl (C=O) groups is 1. The zero-order chi connectivity index (χ0) is 20.2.